The predicted molar refractivity (Wildman–Crippen MR) is 113 cm³/mol. The minimum atomic E-state index is -0.398. The van der Waals surface area contributed by atoms with E-state index in [1.165, 1.54) is 23.8 Å². The van der Waals surface area contributed by atoms with E-state index in [0.717, 1.165) is 35.4 Å². The predicted octanol–water partition coefficient (Wildman–Crippen LogP) is 4.62. The van der Waals surface area contributed by atoms with Crippen LogP contribution in [-0.4, -0.2) is 30.4 Å². The molecule has 156 valence electrons. The molecule has 2 aromatic rings. The number of allylic oxidation sites excluding steroid dienone is 1. The van der Waals surface area contributed by atoms with Crippen LogP contribution in [0.3, 0.4) is 0 Å². The third kappa shape index (κ3) is 3.70. The molecule has 1 heterocycles. The zero-order valence-corrected chi connectivity index (χ0v) is 17.4. The van der Waals surface area contributed by atoms with Crippen LogP contribution in [0.5, 0.6) is 5.75 Å². The van der Waals surface area contributed by atoms with Crippen LogP contribution in [0.1, 0.15) is 43.0 Å². The molecule has 0 aromatic heterocycles. The summed E-state index contributed by atoms with van der Waals surface area (Å²) in [6, 6.07) is 12.5. The van der Waals surface area contributed by atoms with E-state index in [2.05, 4.69) is 6.07 Å². The molecular weight excluding hydrogens is 383 g/mol. The van der Waals surface area contributed by atoms with Crippen molar-refractivity contribution in [3.63, 3.8) is 0 Å². The Morgan fingerprint density at radius 1 is 1.27 bits per heavy atom. The van der Waals surface area contributed by atoms with Gasteiger partial charge in [0.25, 0.3) is 0 Å². The third-order valence-electron chi connectivity index (χ3n) is 5.72. The van der Waals surface area contributed by atoms with Gasteiger partial charge in [-0.1, -0.05) is 18.2 Å². The molecule has 4 rings (SSSR count). The summed E-state index contributed by atoms with van der Waals surface area (Å²) in [6.45, 7) is 3.94. The highest BCUT2D eigenvalue weighted by Gasteiger charge is 2.42. The lowest BCUT2D eigenvalue weighted by Gasteiger charge is -2.31. The Labute approximate surface area is 175 Å². The lowest BCUT2D eigenvalue weighted by atomic mass is 9.77. The smallest absolute Gasteiger partial charge is 0.332 e. The molecule has 0 fully saturated rings. The van der Waals surface area contributed by atoms with Crippen molar-refractivity contribution >= 4 is 11.7 Å². The number of hydrazone groups is 1. The number of esters is 1. The molecule has 0 saturated heterocycles. The Bertz CT molecular complexity index is 1010. The first-order valence-corrected chi connectivity index (χ1v) is 10.2. The van der Waals surface area contributed by atoms with Gasteiger partial charge in [0, 0.05) is 23.3 Å². The van der Waals surface area contributed by atoms with E-state index in [4.69, 9.17) is 14.6 Å². The molecule has 6 heteroatoms. The van der Waals surface area contributed by atoms with Crippen LogP contribution in [0.25, 0.3) is 0 Å². The fourth-order valence-electron chi connectivity index (χ4n) is 4.32. The van der Waals surface area contributed by atoms with Crippen molar-refractivity contribution in [3.8, 4) is 5.75 Å². The lowest BCUT2D eigenvalue weighted by molar-refractivity contribution is -0.137. The van der Waals surface area contributed by atoms with E-state index >= 15 is 0 Å². The van der Waals surface area contributed by atoms with Gasteiger partial charge in [-0.15, -0.1) is 0 Å². The Balaban J connectivity index is 1.79. The number of nitrogens with zero attached hydrogens (tertiary/aromatic N) is 2. The summed E-state index contributed by atoms with van der Waals surface area (Å²) in [7, 11) is 1.65. The average Bonchev–Trinajstić information content (AvgIpc) is 3.14. The molecule has 0 bridgehead atoms. The van der Waals surface area contributed by atoms with Crippen molar-refractivity contribution in [1.29, 1.82) is 0 Å². The number of halogens is 1. The van der Waals surface area contributed by atoms with Crippen LogP contribution in [-0.2, 0) is 16.0 Å². The largest absolute Gasteiger partial charge is 0.497 e. The van der Waals surface area contributed by atoms with E-state index in [-0.39, 0.29) is 17.8 Å². The second kappa shape index (κ2) is 8.30. The molecular formula is C24H25FN2O3. The molecule has 2 aromatic carbocycles. The third-order valence-corrected chi connectivity index (χ3v) is 5.72. The number of hydrogen-bond acceptors (Lipinski definition) is 5. The first-order chi connectivity index (χ1) is 14.5. The molecule has 2 atom stereocenters. The monoisotopic (exact) mass is 408 g/mol. The lowest BCUT2D eigenvalue weighted by Crippen LogP contribution is -2.28. The van der Waals surface area contributed by atoms with Crippen LogP contribution in [0.4, 0.5) is 4.39 Å². The molecule has 1 aliphatic heterocycles. The van der Waals surface area contributed by atoms with Crippen LogP contribution < -0.4 is 4.74 Å². The van der Waals surface area contributed by atoms with E-state index in [9.17, 15) is 9.18 Å². The summed E-state index contributed by atoms with van der Waals surface area (Å²) in [6.07, 6.45) is 3.31. The van der Waals surface area contributed by atoms with Gasteiger partial charge >= 0.3 is 5.97 Å². The van der Waals surface area contributed by atoms with Crippen LogP contribution in [0, 0.1) is 11.7 Å². The number of methoxy groups -OCH3 is 1. The van der Waals surface area contributed by atoms with Gasteiger partial charge in [0.2, 0.25) is 0 Å². The van der Waals surface area contributed by atoms with Crippen LogP contribution >= 0.6 is 0 Å². The summed E-state index contributed by atoms with van der Waals surface area (Å²) in [5, 5.41) is 6.82. The van der Waals surface area contributed by atoms with Crippen LogP contribution in [0.2, 0.25) is 0 Å². The quantitative estimate of drug-likeness (QED) is 0.535. The Morgan fingerprint density at radius 3 is 2.73 bits per heavy atom. The molecule has 0 amide bonds. The maximum Gasteiger partial charge on any atom is 0.332 e. The van der Waals surface area contributed by atoms with Crippen LogP contribution in [0.15, 0.2) is 59.3 Å². The Morgan fingerprint density at radius 2 is 2.03 bits per heavy atom. The number of aryl methyl sites for hydroxylation is 1. The molecule has 0 spiro atoms. The number of hydrogen-bond donors (Lipinski definition) is 0. The fourth-order valence-corrected chi connectivity index (χ4v) is 4.32. The second-order valence-corrected chi connectivity index (χ2v) is 7.53. The topological polar surface area (TPSA) is 51.1 Å². The molecule has 5 nitrogen and oxygen atoms in total. The van der Waals surface area contributed by atoms with Gasteiger partial charge in [-0.25, -0.2) is 9.18 Å². The van der Waals surface area contributed by atoms with Crippen molar-refractivity contribution in [3.05, 3.63) is 76.7 Å². The first-order valence-electron chi connectivity index (χ1n) is 10.2. The van der Waals surface area contributed by atoms with Crippen molar-refractivity contribution in [2.45, 2.75) is 32.7 Å². The zero-order valence-electron chi connectivity index (χ0n) is 17.4. The summed E-state index contributed by atoms with van der Waals surface area (Å²) in [5.74, 6) is 0.236. The molecule has 30 heavy (non-hydrogen) atoms. The van der Waals surface area contributed by atoms with Gasteiger partial charge in [0.1, 0.15) is 11.6 Å². The minimum absolute atomic E-state index is 0.120. The summed E-state index contributed by atoms with van der Waals surface area (Å²) >= 11 is 0. The van der Waals surface area contributed by atoms with Gasteiger partial charge in [0.15, 0.2) is 0 Å². The fraction of sp³-hybridized carbons (Fsp3) is 0.333. The van der Waals surface area contributed by atoms with E-state index < -0.39 is 5.97 Å². The van der Waals surface area contributed by atoms with Crippen molar-refractivity contribution in [1.82, 2.24) is 5.01 Å². The second-order valence-electron chi connectivity index (χ2n) is 7.53. The summed E-state index contributed by atoms with van der Waals surface area (Å²) in [5.41, 5.74) is 4.93. The number of carbonyl (C=O) groups excluding carboxylic acids is 1. The average molecular weight is 408 g/mol. The van der Waals surface area contributed by atoms with Gasteiger partial charge < -0.3 is 9.47 Å². The summed E-state index contributed by atoms with van der Waals surface area (Å²) in [4.78, 5) is 12.1. The number of rotatable bonds is 5. The normalized spacial score (nSPS) is 20.3. The highest BCUT2D eigenvalue weighted by molar-refractivity contribution is 6.06. The molecule has 0 N–H and O–H groups in total. The molecule has 0 saturated carbocycles. The number of fused-ring (bicyclic) bond motifs is 3. The summed E-state index contributed by atoms with van der Waals surface area (Å²) < 4.78 is 24.1. The number of ether oxygens (including phenoxy) is 2. The van der Waals surface area contributed by atoms with Gasteiger partial charge in [-0.3, -0.25) is 5.01 Å². The highest BCUT2D eigenvalue weighted by Crippen LogP contribution is 2.45. The van der Waals surface area contributed by atoms with Crippen molar-refractivity contribution in [2.24, 2.45) is 11.0 Å². The van der Waals surface area contributed by atoms with Gasteiger partial charge in [0.05, 0.1) is 25.5 Å². The van der Waals surface area contributed by atoms with Gasteiger partial charge in [-0.2, -0.15) is 5.10 Å². The molecule has 0 radical (unpaired) electrons. The standard InChI is InChI=1S/C24H25FN2O3/c1-4-30-22(28)13-15(2)27-24(17-5-9-18(25)10-6-17)20-12-8-16-7-11-19(29-3)14-21(16)23(20)26-27/h5-7,9-11,13-14,20,24H,4,8,12H2,1-3H3/b15-13+/t20-,24-/m0/s1. The van der Waals surface area contributed by atoms with E-state index in [1.807, 2.05) is 24.1 Å². The highest BCUT2D eigenvalue weighted by atomic mass is 19.1. The van der Waals surface area contributed by atoms with E-state index in [0.29, 0.717) is 12.3 Å². The maximum atomic E-state index is 13.6. The van der Waals surface area contributed by atoms with E-state index in [1.54, 1.807) is 26.2 Å². The van der Waals surface area contributed by atoms with Crippen molar-refractivity contribution < 1.29 is 18.7 Å². The zero-order chi connectivity index (χ0) is 21.3. The molecule has 0 unspecified atom stereocenters. The SMILES string of the molecule is CCOC(=O)/C=C(\C)N1N=C2c3cc(OC)ccc3CC[C@@H]2[C@@H]1c1ccc(F)cc1. The Hall–Kier alpha value is -3.15. The molecule has 2 aliphatic rings. The van der Waals surface area contributed by atoms with Crippen molar-refractivity contribution in [2.75, 3.05) is 13.7 Å². The molecule has 1 aliphatic carbocycles. The number of benzene rings is 2. The minimum Gasteiger partial charge on any atom is -0.497 e. The van der Waals surface area contributed by atoms with Gasteiger partial charge in [-0.05, 0) is 62.1 Å². The maximum absolute atomic E-state index is 13.6. The number of carbonyl (C=O) groups is 1. The Kier molecular flexibility index (Phi) is 5.57. The first kappa shape index (κ1) is 20.1.